The van der Waals surface area contributed by atoms with Crippen LogP contribution in [0.2, 0.25) is 0 Å². The van der Waals surface area contributed by atoms with Crippen molar-refractivity contribution < 1.29 is 13.2 Å². The van der Waals surface area contributed by atoms with Crippen molar-refractivity contribution in [1.82, 2.24) is 15.0 Å². The van der Waals surface area contributed by atoms with Gasteiger partial charge in [0.25, 0.3) is 0 Å². The Balaban J connectivity index is 1.74. The predicted octanol–water partition coefficient (Wildman–Crippen LogP) is 4.05. The van der Waals surface area contributed by atoms with Gasteiger partial charge in [0.15, 0.2) is 0 Å². The fraction of sp³-hybridized carbons (Fsp3) is 0.350. The highest BCUT2D eigenvalue weighted by Gasteiger charge is 2.31. The molecule has 1 atom stereocenters. The molecule has 2 aromatic heterocycles. The molecule has 1 aromatic carbocycles. The fourth-order valence-corrected chi connectivity index (χ4v) is 3.30. The van der Waals surface area contributed by atoms with Gasteiger partial charge in [0, 0.05) is 31.2 Å². The number of hydrogen-bond donors (Lipinski definition) is 3. The van der Waals surface area contributed by atoms with Crippen LogP contribution in [0, 0.1) is 0 Å². The van der Waals surface area contributed by atoms with Gasteiger partial charge in [-0.2, -0.15) is 18.2 Å². The second-order valence-electron chi connectivity index (χ2n) is 7.30. The van der Waals surface area contributed by atoms with Crippen LogP contribution in [-0.4, -0.2) is 35.1 Å². The lowest BCUT2D eigenvalue weighted by molar-refractivity contribution is -0.137. The van der Waals surface area contributed by atoms with E-state index >= 15 is 0 Å². The van der Waals surface area contributed by atoms with Crippen molar-refractivity contribution >= 4 is 34.2 Å². The van der Waals surface area contributed by atoms with E-state index in [0.29, 0.717) is 28.7 Å². The first-order chi connectivity index (χ1) is 14.2. The molecule has 10 heteroatoms. The van der Waals surface area contributed by atoms with E-state index in [0.717, 1.165) is 37.0 Å². The number of rotatable bonds is 5. The van der Waals surface area contributed by atoms with Gasteiger partial charge in [-0.15, -0.1) is 0 Å². The van der Waals surface area contributed by atoms with E-state index in [2.05, 4.69) is 25.6 Å². The summed E-state index contributed by atoms with van der Waals surface area (Å²) in [6.07, 6.45) is -1.74. The number of benzene rings is 1. The molecule has 3 heterocycles. The topological polar surface area (TPSA) is 92.0 Å². The van der Waals surface area contributed by atoms with Gasteiger partial charge in [0.2, 0.25) is 5.95 Å². The van der Waals surface area contributed by atoms with Crippen molar-refractivity contribution in [1.29, 1.82) is 0 Å². The molecule has 3 aromatic rings. The Morgan fingerprint density at radius 1 is 1.13 bits per heavy atom. The van der Waals surface area contributed by atoms with Crippen molar-refractivity contribution in [3.05, 3.63) is 41.6 Å². The second kappa shape index (κ2) is 7.51. The maximum absolute atomic E-state index is 13.2. The summed E-state index contributed by atoms with van der Waals surface area (Å²) >= 11 is 0. The molecule has 7 nitrogen and oxygen atoms in total. The number of nitrogens with zero attached hydrogens (tertiary/aromatic N) is 4. The van der Waals surface area contributed by atoms with Gasteiger partial charge in [-0.25, -0.2) is 9.97 Å². The van der Waals surface area contributed by atoms with E-state index in [4.69, 9.17) is 5.73 Å². The Morgan fingerprint density at radius 2 is 1.90 bits per heavy atom. The summed E-state index contributed by atoms with van der Waals surface area (Å²) < 4.78 is 39.6. The van der Waals surface area contributed by atoms with E-state index < -0.39 is 17.8 Å². The van der Waals surface area contributed by atoms with Crippen LogP contribution in [0.1, 0.15) is 30.5 Å². The fourth-order valence-electron chi connectivity index (χ4n) is 3.30. The lowest BCUT2D eigenvalue weighted by Crippen LogP contribution is -2.38. The van der Waals surface area contributed by atoms with Crippen LogP contribution in [0.4, 0.5) is 36.4 Å². The molecule has 158 valence electrons. The number of nitrogen functional groups attached to an aromatic ring is 1. The number of fused-ring (bicyclic) bond motifs is 1. The quantitative estimate of drug-likeness (QED) is 0.540. The third-order valence-electron chi connectivity index (χ3n) is 5.12. The number of nitrogens with one attached hydrogen (secondary N) is 2. The first-order valence-corrected chi connectivity index (χ1v) is 9.59. The Hall–Kier alpha value is -3.30. The van der Waals surface area contributed by atoms with Crippen molar-refractivity contribution in [3.63, 3.8) is 0 Å². The molecule has 1 aliphatic heterocycles. The molecule has 0 saturated carbocycles. The Morgan fingerprint density at radius 3 is 2.53 bits per heavy atom. The summed E-state index contributed by atoms with van der Waals surface area (Å²) in [7, 11) is 1.75. The first-order valence-electron chi connectivity index (χ1n) is 9.59. The number of pyridine rings is 1. The number of aromatic nitrogens is 3. The first kappa shape index (κ1) is 20.0. The highest BCUT2D eigenvalue weighted by atomic mass is 19.4. The molecule has 0 spiro atoms. The molecular formula is C20H22F3N7. The largest absolute Gasteiger partial charge is 0.416 e. The normalized spacial score (nSPS) is 15.0. The lowest BCUT2D eigenvalue weighted by atomic mass is 10.0. The summed E-state index contributed by atoms with van der Waals surface area (Å²) in [5.74, 6) is 1.75. The summed E-state index contributed by atoms with van der Waals surface area (Å²) in [5, 5.41) is 6.95. The van der Waals surface area contributed by atoms with Crippen LogP contribution in [-0.2, 0) is 6.18 Å². The van der Waals surface area contributed by atoms with Gasteiger partial charge in [0.1, 0.15) is 11.6 Å². The maximum Gasteiger partial charge on any atom is 0.416 e. The number of hydrogen-bond acceptors (Lipinski definition) is 7. The van der Waals surface area contributed by atoms with Crippen LogP contribution in [0.25, 0.3) is 10.9 Å². The second-order valence-corrected chi connectivity index (χ2v) is 7.30. The zero-order valence-electron chi connectivity index (χ0n) is 16.6. The molecule has 0 radical (unpaired) electrons. The van der Waals surface area contributed by atoms with Crippen LogP contribution >= 0.6 is 0 Å². The molecule has 0 amide bonds. The number of anilines is 4. The molecule has 0 aliphatic carbocycles. The van der Waals surface area contributed by atoms with Crippen molar-refractivity contribution in [2.45, 2.75) is 25.6 Å². The van der Waals surface area contributed by atoms with Gasteiger partial charge in [-0.05, 0) is 43.2 Å². The zero-order chi connectivity index (χ0) is 21.5. The third-order valence-corrected chi connectivity index (χ3v) is 5.12. The van der Waals surface area contributed by atoms with Crippen LogP contribution in [0.15, 0.2) is 30.5 Å². The average Bonchev–Trinajstić information content (AvgIpc) is 2.65. The van der Waals surface area contributed by atoms with Gasteiger partial charge >= 0.3 is 6.18 Å². The minimum absolute atomic E-state index is 0.0592. The van der Waals surface area contributed by atoms with Crippen LogP contribution in [0.5, 0.6) is 0 Å². The molecule has 4 rings (SSSR count). The predicted molar refractivity (Wildman–Crippen MR) is 112 cm³/mol. The number of nitrogens with two attached hydrogens (primary N) is 1. The lowest BCUT2D eigenvalue weighted by Gasteiger charge is -2.31. The van der Waals surface area contributed by atoms with Crippen molar-refractivity contribution in [2.24, 2.45) is 0 Å². The average molecular weight is 417 g/mol. The van der Waals surface area contributed by atoms with Gasteiger partial charge in [-0.3, -0.25) is 0 Å². The Bertz CT molecular complexity index is 1080. The minimum atomic E-state index is -4.47. The van der Waals surface area contributed by atoms with Crippen LogP contribution in [0.3, 0.4) is 0 Å². The molecular weight excluding hydrogens is 395 g/mol. The molecule has 1 aliphatic rings. The summed E-state index contributed by atoms with van der Waals surface area (Å²) in [4.78, 5) is 15.6. The van der Waals surface area contributed by atoms with Crippen molar-refractivity contribution in [3.8, 4) is 0 Å². The summed E-state index contributed by atoms with van der Waals surface area (Å²) in [6.45, 7) is 3.51. The standard InChI is InChI=1S/C20H22F3N7/c1-11(12-6-13(20(21,22)23)8-14(24)7-12)27-18-15-9-17(25-2)26-10-16(15)28-19(29-18)30-4-3-5-30/h6-11H,3-5,24H2,1-2H3,(H,25,26)(H,27,28,29). The van der Waals surface area contributed by atoms with Crippen LogP contribution < -0.4 is 21.3 Å². The summed E-state index contributed by atoms with van der Waals surface area (Å²) in [6, 6.07) is 4.92. The van der Waals surface area contributed by atoms with E-state index in [1.807, 2.05) is 11.0 Å². The van der Waals surface area contributed by atoms with Gasteiger partial charge < -0.3 is 21.3 Å². The zero-order valence-corrected chi connectivity index (χ0v) is 16.6. The number of alkyl halides is 3. The smallest absolute Gasteiger partial charge is 0.399 e. The maximum atomic E-state index is 13.2. The van der Waals surface area contributed by atoms with Crippen molar-refractivity contribution in [2.75, 3.05) is 41.4 Å². The molecule has 1 saturated heterocycles. The van der Waals surface area contributed by atoms with E-state index in [1.54, 1.807) is 20.2 Å². The molecule has 4 N–H and O–H groups in total. The molecule has 1 fully saturated rings. The Labute approximate surface area is 171 Å². The molecule has 1 unspecified atom stereocenters. The van der Waals surface area contributed by atoms with E-state index in [9.17, 15) is 13.2 Å². The Kier molecular flexibility index (Phi) is 5.00. The minimum Gasteiger partial charge on any atom is -0.399 e. The number of halogens is 3. The third kappa shape index (κ3) is 3.89. The monoisotopic (exact) mass is 417 g/mol. The van der Waals surface area contributed by atoms with E-state index in [-0.39, 0.29) is 5.69 Å². The SMILES string of the molecule is CNc1cc2c(NC(C)c3cc(N)cc(C(F)(F)F)c3)nc(N3CCC3)nc2cn1. The highest BCUT2D eigenvalue weighted by Crippen LogP contribution is 2.34. The molecule has 0 bridgehead atoms. The van der Waals surface area contributed by atoms with Gasteiger partial charge in [-0.1, -0.05) is 0 Å². The highest BCUT2D eigenvalue weighted by molar-refractivity contribution is 5.91. The summed E-state index contributed by atoms with van der Waals surface area (Å²) in [5.41, 5.74) is 6.09. The van der Waals surface area contributed by atoms with Gasteiger partial charge in [0.05, 0.1) is 23.3 Å². The molecule has 30 heavy (non-hydrogen) atoms. The van der Waals surface area contributed by atoms with E-state index in [1.165, 1.54) is 6.07 Å².